The smallest absolute Gasteiger partial charge is 0.165 e. The first kappa shape index (κ1) is 12.1. The molecular formula is C14H20N6. The van der Waals surface area contributed by atoms with Crippen LogP contribution in [0.2, 0.25) is 0 Å². The summed E-state index contributed by atoms with van der Waals surface area (Å²) in [6, 6.07) is 0.761. The van der Waals surface area contributed by atoms with E-state index in [9.17, 15) is 0 Å². The fourth-order valence-electron chi connectivity index (χ4n) is 3.77. The van der Waals surface area contributed by atoms with E-state index in [1.807, 2.05) is 6.33 Å². The average molecular weight is 272 g/mol. The van der Waals surface area contributed by atoms with Gasteiger partial charge in [-0.2, -0.15) is 0 Å². The van der Waals surface area contributed by atoms with Gasteiger partial charge in [0.25, 0.3) is 0 Å². The van der Waals surface area contributed by atoms with E-state index in [4.69, 9.17) is 0 Å². The number of piperidine rings is 1. The van der Waals surface area contributed by atoms with Crippen LogP contribution in [0.5, 0.6) is 0 Å². The van der Waals surface area contributed by atoms with E-state index in [-0.39, 0.29) is 0 Å². The molecule has 20 heavy (non-hydrogen) atoms. The van der Waals surface area contributed by atoms with Gasteiger partial charge >= 0.3 is 0 Å². The van der Waals surface area contributed by atoms with Crippen molar-refractivity contribution in [3.63, 3.8) is 0 Å². The van der Waals surface area contributed by atoms with E-state index in [0.717, 1.165) is 54.5 Å². The molecule has 4 rings (SSSR count). The van der Waals surface area contributed by atoms with Crippen LogP contribution in [0.3, 0.4) is 0 Å². The second-order valence-corrected chi connectivity index (χ2v) is 6.09. The molecular weight excluding hydrogens is 252 g/mol. The fourth-order valence-corrected chi connectivity index (χ4v) is 3.77. The van der Waals surface area contributed by atoms with Gasteiger partial charge < -0.3 is 14.4 Å². The quantitative estimate of drug-likeness (QED) is 0.829. The van der Waals surface area contributed by atoms with Crippen molar-refractivity contribution in [1.29, 1.82) is 0 Å². The Hall–Kier alpha value is -1.69. The molecule has 0 spiro atoms. The van der Waals surface area contributed by atoms with Crippen LogP contribution in [0.25, 0.3) is 11.2 Å². The van der Waals surface area contributed by atoms with Crippen molar-refractivity contribution in [1.82, 2.24) is 24.4 Å². The highest BCUT2D eigenvalue weighted by Crippen LogP contribution is 2.49. The number of hydrogen-bond donors (Lipinski definition) is 0. The molecule has 1 unspecified atom stereocenters. The second kappa shape index (κ2) is 4.15. The van der Waals surface area contributed by atoms with Gasteiger partial charge in [0.2, 0.25) is 0 Å². The van der Waals surface area contributed by atoms with Crippen molar-refractivity contribution in [2.24, 2.45) is 11.8 Å². The number of aromatic nitrogens is 4. The SMILES string of the molecule is CCn1cnc2c(N3C[C@@H]4C(N(C)C)[C@@H]4C3)ncnc21. The normalized spacial score (nSPS) is 28.4. The summed E-state index contributed by atoms with van der Waals surface area (Å²) in [6.07, 6.45) is 3.53. The third kappa shape index (κ3) is 1.57. The summed E-state index contributed by atoms with van der Waals surface area (Å²) in [6.45, 7) is 5.19. The molecule has 2 aromatic heterocycles. The number of aryl methyl sites for hydroxylation is 1. The molecule has 6 nitrogen and oxygen atoms in total. The molecule has 6 heteroatoms. The van der Waals surface area contributed by atoms with Crippen molar-refractivity contribution in [2.45, 2.75) is 19.5 Å². The summed E-state index contributed by atoms with van der Waals surface area (Å²) in [7, 11) is 4.36. The van der Waals surface area contributed by atoms with Crippen LogP contribution in [-0.2, 0) is 6.54 Å². The number of anilines is 1. The van der Waals surface area contributed by atoms with Crippen LogP contribution in [0.4, 0.5) is 5.82 Å². The molecule has 1 saturated carbocycles. The zero-order chi connectivity index (χ0) is 13.9. The molecule has 2 aromatic rings. The second-order valence-electron chi connectivity index (χ2n) is 6.09. The van der Waals surface area contributed by atoms with Gasteiger partial charge in [0.15, 0.2) is 17.0 Å². The summed E-state index contributed by atoms with van der Waals surface area (Å²) in [5.41, 5.74) is 1.89. The van der Waals surface area contributed by atoms with Gasteiger partial charge in [0, 0.05) is 25.7 Å². The van der Waals surface area contributed by atoms with E-state index in [1.165, 1.54) is 0 Å². The van der Waals surface area contributed by atoms with Crippen molar-refractivity contribution >= 4 is 17.0 Å². The van der Waals surface area contributed by atoms with Gasteiger partial charge in [-0.3, -0.25) is 0 Å². The molecule has 3 heterocycles. The minimum Gasteiger partial charge on any atom is -0.354 e. The number of imidazole rings is 1. The molecule has 0 amide bonds. The lowest BCUT2D eigenvalue weighted by Crippen LogP contribution is -2.31. The van der Waals surface area contributed by atoms with Crippen LogP contribution >= 0.6 is 0 Å². The Morgan fingerprint density at radius 1 is 1.20 bits per heavy atom. The van der Waals surface area contributed by atoms with Gasteiger partial charge in [-0.05, 0) is 32.9 Å². The van der Waals surface area contributed by atoms with Crippen LogP contribution in [0.1, 0.15) is 6.92 Å². The van der Waals surface area contributed by atoms with Gasteiger partial charge in [-0.1, -0.05) is 0 Å². The summed E-state index contributed by atoms with van der Waals surface area (Å²) >= 11 is 0. The third-order valence-corrected chi connectivity index (χ3v) is 4.77. The molecule has 0 aromatic carbocycles. The Balaban J connectivity index is 1.63. The standard InChI is InChI=1S/C14H20N6/c1-4-19-8-17-11-13(19)15-7-16-14(11)20-5-9-10(6-20)12(9)18(2)3/h7-10,12H,4-6H2,1-3H3/t9-,10+,12?. The number of hydrogen-bond acceptors (Lipinski definition) is 5. The minimum atomic E-state index is 0.761. The first-order valence-electron chi connectivity index (χ1n) is 7.28. The Labute approximate surface area is 118 Å². The van der Waals surface area contributed by atoms with Crippen molar-refractivity contribution in [2.75, 3.05) is 32.1 Å². The first-order valence-corrected chi connectivity index (χ1v) is 7.28. The van der Waals surface area contributed by atoms with Crippen molar-refractivity contribution in [3.05, 3.63) is 12.7 Å². The maximum Gasteiger partial charge on any atom is 0.165 e. The lowest BCUT2D eigenvalue weighted by molar-refractivity contribution is 0.356. The van der Waals surface area contributed by atoms with Crippen LogP contribution < -0.4 is 4.90 Å². The number of rotatable bonds is 3. The molecule has 106 valence electrons. The highest BCUT2D eigenvalue weighted by molar-refractivity contribution is 5.83. The van der Waals surface area contributed by atoms with Crippen molar-refractivity contribution < 1.29 is 0 Å². The van der Waals surface area contributed by atoms with Gasteiger partial charge in [-0.25, -0.2) is 15.0 Å². The van der Waals surface area contributed by atoms with Crippen LogP contribution in [-0.4, -0.2) is 57.6 Å². The topological polar surface area (TPSA) is 50.1 Å². The molecule has 1 saturated heterocycles. The molecule has 2 aliphatic rings. The summed E-state index contributed by atoms with van der Waals surface area (Å²) in [4.78, 5) is 18.1. The lowest BCUT2D eigenvalue weighted by atomic mass is 10.3. The van der Waals surface area contributed by atoms with E-state index in [0.29, 0.717) is 0 Å². The zero-order valence-electron chi connectivity index (χ0n) is 12.2. The number of nitrogens with zero attached hydrogens (tertiary/aromatic N) is 6. The molecule has 2 fully saturated rings. The minimum absolute atomic E-state index is 0.761. The van der Waals surface area contributed by atoms with E-state index >= 15 is 0 Å². The third-order valence-electron chi connectivity index (χ3n) is 4.77. The Kier molecular flexibility index (Phi) is 2.51. The molecule has 0 bridgehead atoms. The van der Waals surface area contributed by atoms with Gasteiger partial charge in [0.1, 0.15) is 6.33 Å². The van der Waals surface area contributed by atoms with Crippen LogP contribution in [0, 0.1) is 11.8 Å². The maximum atomic E-state index is 4.51. The predicted octanol–water partition coefficient (Wildman–Crippen LogP) is 0.842. The maximum absolute atomic E-state index is 4.51. The zero-order valence-corrected chi connectivity index (χ0v) is 12.2. The number of fused-ring (bicyclic) bond motifs is 2. The fraction of sp³-hybridized carbons (Fsp3) is 0.643. The van der Waals surface area contributed by atoms with Gasteiger partial charge in [0.05, 0.1) is 6.33 Å². The van der Waals surface area contributed by atoms with E-state index < -0.39 is 0 Å². The highest BCUT2D eigenvalue weighted by atomic mass is 15.3. The summed E-state index contributed by atoms with van der Waals surface area (Å²) < 4.78 is 2.07. The van der Waals surface area contributed by atoms with Gasteiger partial charge in [-0.15, -0.1) is 0 Å². The van der Waals surface area contributed by atoms with E-state index in [2.05, 4.69) is 50.3 Å². The first-order chi connectivity index (χ1) is 9.70. The van der Waals surface area contributed by atoms with Crippen LogP contribution in [0.15, 0.2) is 12.7 Å². The monoisotopic (exact) mass is 272 g/mol. The molecule has 0 radical (unpaired) electrons. The Morgan fingerprint density at radius 3 is 2.60 bits per heavy atom. The molecule has 3 atom stereocenters. The average Bonchev–Trinajstić information content (AvgIpc) is 2.82. The summed E-state index contributed by atoms with van der Waals surface area (Å²) in [5.74, 6) is 2.60. The lowest BCUT2D eigenvalue weighted by Gasteiger charge is -2.23. The van der Waals surface area contributed by atoms with E-state index in [1.54, 1.807) is 6.33 Å². The molecule has 0 N–H and O–H groups in total. The highest BCUT2D eigenvalue weighted by Gasteiger charge is 2.57. The summed E-state index contributed by atoms with van der Waals surface area (Å²) in [5, 5.41) is 0. The molecule has 1 aliphatic heterocycles. The Bertz CT molecular complexity index is 636. The van der Waals surface area contributed by atoms with Crippen molar-refractivity contribution in [3.8, 4) is 0 Å². The molecule has 1 aliphatic carbocycles. The predicted molar refractivity (Wildman–Crippen MR) is 77.7 cm³/mol. The largest absolute Gasteiger partial charge is 0.354 e. The Morgan fingerprint density at radius 2 is 1.95 bits per heavy atom.